The molecule has 3 aromatic rings. The first-order valence-electron chi connectivity index (χ1n) is 7.91. The number of aromatic nitrogens is 4. The quantitative estimate of drug-likeness (QED) is 0.808. The fraction of sp³-hybridized carbons (Fsp3) is 0.353. The molecule has 0 bridgehead atoms. The lowest BCUT2D eigenvalue weighted by Crippen LogP contribution is -2.49. The van der Waals surface area contributed by atoms with E-state index in [4.69, 9.17) is 0 Å². The van der Waals surface area contributed by atoms with Crippen molar-refractivity contribution in [2.45, 2.75) is 25.8 Å². The van der Waals surface area contributed by atoms with Crippen LogP contribution in [0.1, 0.15) is 42.1 Å². The van der Waals surface area contributed by atoms with E-state index in [1.54, 1.807) is 16.9 Å². The minimum atomic E-state index is 0.0450. The molecule has 0 aliphatic carbocycles. The zero-order valence-corrected chi connectivity index (χ0v) is 13.2. The third-order valence-electron chi connectivity index (χ3n) is 4.34. The van der Waals surface area contributed by atoms with Crippen molar-refractivity contribution in [2.24, 2.45) is 0 Å². The number of imidazole rings is 1. The van der Waals surface area contributed by atoms with E-state index in [1.807, 2.05) is 43.0 Å². The number of carbonyl (C=O) groups excluding carboxylic acids is 1. The lowest BCUT2D eigenvalue weighted by Gasteiger charge is -2.38. The first-order chi connectivity index (χ1) is 11.1. The van der Waals surface area contributed by atoms with Crippen molar-refractivity contribution in [3.63, 3.8) is 0 Å². The first kappa shape index (κ1) is 14.0. The second-order valence-corrected chi connectivity index (χ2v) is 6.30. The molecule has 23 heavy (non-hydrogen) atoms. The highest BCUT2D eigenvalue weighted by Crippen LogP contribution is 2.28. The van der Waals surface area contributed by atoms with Crippen LogP contribution in [-0.4, -0.2) is 43.6 Å². The standard InChI is InChI=1S/C17H19N5O/c1-11(2)22-15(7-8-18-22)17(23)21-9-12(10-21)16-19-13-5-3-4-6-14(13)20-16/h3-8,11-12H,9-10H2,1-2H3,(H,19,20). The fourth-order valence-electron chi connectivity index (χ4n) is 3.04. The smallest absolute Gasteiger partial charge is 0.272 e. The van der Waals surface area contributed by atoms with Gasteiger partial charge in [0.15, 0.2) is 0 Å². The number of nitrogens with one attached hydrogen (secondary N) is 1. The molecule has 0 spiro atoms. The van der Waals surface area contributed by atoms with Crippen molar-refractivity contribution < 1.29 is 4.79 Å². The Labute approximate surface area is 134 Å². The normalized spacial score (nSPS) is 15.3. The SMILES string of the molecule is CC(C)n1nccc1C(=O)N1CC(c2nc3ccccc3[nH]2)C1. The highest BCUT2D eigenvalue weighted by atomic mass is 16.2. The number of H-pyrrole nitrogens is 1. The van der Waals surface area contributed by atoms with Gasteiger partial charge in [-0.3, -0.25) is 9.48 Å². The maximum absolute atomic E-state index is 12.6. The number of para-hydroxylation sites is 2. The molecule has 6 nitrogen and oxygen atoms in total. The summed E-state index contributed by atoms with van der Waals surface area (Å²) >= 11 is 0. The highest BCUT2D eigenvalue weighted by molar-refractivity contribution is 5.93. The van der Waals surface area contributed by atoms with E-state index in [-0.39, 0.29) is 17.9 Å². The van der Waals surface area contributed by atoms with Crippen LogP contribution in [0.3, 0.4) is 0 Å². The summed E-state index contributed by atoms with van der Waals surface area (Å²) in [5.41, 5.74) is 2.68. The van der Waals surface area contributed by atoms with Crippen molar-refractivity contribution in [3.8, 4) is 0 Å². The van der Waals surface area contributed by atoms with E-state index >= 15 is 0 Å². The number of rotatable bonds is 3. The maximum atomic E-state index is 12.6. The van der Waals surface area contributed by atoms with E-state index in [1.165, 1.54) is 0 Å². The Morgan fingerprint density at radius 1 is 1.26 bits per heavy atom. The molecule has 1 N–H and O–H groups in total. The van der Waals surface area contributed by atoms with Crippen LogP contribution in [0.5, 0.6) is 0 Å². The van der Waals surface area contributed by atoms with Gasteiger partial charge in [0.05, 0.1) is 17.0 Å². The minimum Gasteiger partial charge on any atom is -0.342 e. The van der Waals surface area contributed by atoms with Gasteiger partial charge >= 0.3 is 0 Å². The number of hydrogen-bond donors (Lipinski definition) is 1. The molecule has 3 heterocycles. The second-order valence-electron chi connectivity index (χ2n) is 6.30. The Balaban J connectivity index is 1.48. The summed E-state index contributed by atoms with van der Waals surface area (Å²) in [5, 5.41) is 4.23. The molecule has 4 rings (SSSR count). The maximum Gasteiger partial charge on any atom is 0.272 e. The molecule has 6 heteroatoms. The molecule has 1 amide bonds. The predicted octanol–water partition coefficient (Wildman–Crippen LogP) is 2.58. The van der Waals surface area contributed by atoms with Gasteiger partial charge in [0, 0.05) is 25.3 Å². The topological polar surface area (TPSA) is 66.8 Å². The number of fused-ring (bicyclic) bond motifs is 1. The third kappa shape index (κ3) is 2.30. The summed E-state index contributed by atoms with van der Waals surface area (Å²) in [7, 11) is 0. The van der Waals surface area contributed by atoms with Crippen molar-refractivity contribution in [3.05, 3.63) is 48.0 Å². The molecule has 0 unspecified atom stereocenters. The second kappa shape index (κ2) is 5.22. The lowest BCUT2D eigenvalue weighted by atomic mass is 9.99. The minimum absolute atomic E-state index is 0.0450. The molecule has 1 fully saturated rings. The van der Waals surface area contributed by atoms with Crippen molar-refractivity contribution in [1.82, 2.24) is 24.6 Å². The van der Waals surface area contributed by atoms with Gasteiger partial charge in [0.2, 0.25) is 0 Å². The molecule has 118 valence electrons. The predicted molar refractivity (Wildman–Crippen MR) is 87.4 cm³/mol. The fourth-order valence-corrected chi connectivity index (χ4v) is 3.04. The van der Waals surface area contributed by atoms with Gasteiger partial charge in [-0.2, -0.15) is 5.10 Å². The average Bonchev–Trinajstić information content (AvgIpc) is 3.12. The van der Waals surface area contributed by atoms with Gasteiger partial charge in [-0.1, -0.05) is 12.1 Å². The average molecular weight is 309 g/mol. The van der Waals surface area contributed by atoms with Gasteiger partial charge in [-0.25, -0.2) is 4.98 Å². The van der Waals surface area contributed by atoms with Gasteiger partial charge in [-0.05, 0) is 32.0 Å². The van der Waals surface area contributed by atoms with Crippen LogP contribution in [0, 0.1) is 0 Å². The van der Waals surface area contributed by atoms with Crippen LogP contribution in [0.2, 0.25) is 0 Å². The van der Waals surface area contributed by atoms with Crippen molar-refractivity contribution in [2.75, 3.05) is 13.1 Å². The molecule has 1 saturated heterocycles. The van der Waals surface area contributed by atoms with Gasteiger partial charge in [0.1, 0.15) is 11.5 Å². The van der Waals surface area contributed by atoms with Gasteiger partial charge in [0.25, 0.3) is 5.91 Å². The molecule has 1 aliphatic rings. The lowest BCUT2D eigenvalue weighted by molar-refractivity contribution is 0.0580. The van der Waals surface area contributed by atoms with E-state index in [2.05, 4.69) is 15.1 Å². The molecular weight excluding hydrogens is 290 g/mol. The summed E-state index contributed by atoms with van der Waals surface area (Å²) in [6.45, 7) is 5.44. The van der Waals surface area contributed by atoms with Crippen LogP contribution in [0.15, 0.2) is 36.5 Å². The van der Waals surface area contributed by atoms with E-state index < -0.39 is 0 Å². The number of hydrogen-bond acceptors (Lipinski definition) is 3. The zero-order chi connectivity index (χ0) is 16.0. The summed E-state index contributed by atoms with van der Waals surface area (Å²) in [5.74, 6) is 1.29. The zero-order valence-electron chi connectivity index (χ0n) is 13.2. The molecule has 1 aliphatic heterocycles. The number of benzene rings is 1. The molecule has 0 saturated carbocycles. The Hall–Kier alpha value is -2.63. The molecule has 0 radical (unpaired) electrons. The van der Waals surface area contributed by atoms with Crippen LogP contribution >= 0.6 is 0 Å². The number of nitrogens with zero attached hydrogens (tertiary/aromatic N) is 4. The number of amides is 1. The van der Waals surface area contributed by atoms with E-state index in [0.29, 0.717) is 18.8 Å². The summed E-state index contributed by atoms with van der Waals surface area (Å²) in [6, 6.07) is 9.96. The van der Waals surface area contributed by atoms with E-state index in [9.17, 15) is 4.79 Å². The van der Waals surface area contributed by atoms with Crippen molar-refractivity contribution in [1.29, 1.82) is 0 Å². The van der Waals surface area contributed by atoms with Crippen LogP contribution in [0.4, 0.5) is 0 Å². The van der Waals surface area contributed by atoms with Crippen LogP contribution < -0.4 is 0 Å². The summed E-state index contributed by atoms with van der Waals surface area (Å²) in [4.78, 5) is 22.4. The first-order valence-corrected chi connectivity index (χ1v) is 7.91. The van der Waals surface area contributed by atoms with Crippen LogP contribution in [0.25, 0.3) is 11.0 Å². The van der Waals surface area contributed by atoms with Crippen molar-refractivity contribution >= 4 is 16.9 Å². The highest BCUT2D eigenvalue weighted by Gasteiger charge is 2.35. The van der Waals surface area contributed by atoms with E-state index in [0.717, 1.165) is 16.9 Å². The Bertz CT molecular complexity index is 824. The molecule has 0 atom stereocenters. The van der Waals surface area contributed by atoms with Gasteiger partial charge < -0.3 is 9.88 Å². The molecular formula is C17H19N5O. The number of likely N-dealkylation sites (tertiary alicyclic amines) is 1. The Kier molecular flexibility index (Phi) is 3.18. The largest absolute Gasteiger partial charge is 0.342 e. The summed E-state index contributed by atoms with van der Waals surface area (Å²) < 4.78 is 1.77. The monoisotopic (exact) mass is 309 g/mol. The molecule has 2 aromatic heterocycles. The number of carbonyl (C=O) groups is 1. The number of aromatic amines is 1. The Morgan fingerprint density at radius 2 is 2.04 bits per heavy atom. The Morgan fingerprint density at radius 3 is 2.78 bits per heavy atom. The summed E-state index contributed by atoms with van der Waals surface area (Å²) in [6.07, 6.45) is 1.68. The van der Waals surface area contributed by atoms with Gasteiger partial charge in [-0.15, -0.1) is 0 Å². The van der Waals surface area contributed by atoms with Crippen LogP contribution in [-0.2, 0) is 0 Å². The molecule has 1 aromatic carbocycles. The third-order valence-corrected chi connectivity index (χ3v) is 4.34.